The van der Waals surface area contributed by atoms with Gasteiger partial charge in [-0.05, 0) is 61.7 Å². The van der Waals surface area contributed by atoms with Crippen molar-refractivity contribution in [1.82, 2.24) is 14.8 Å². The van der Waals surface area contributed by atoms with Gasteiger partial charge in [-0.15, -0.1) is 10.2 Å². The van der Waals surface area contributed by atoms with E-state index in [4.69, 9.17) is 0 Å². The first-order chi connectivity index (χ1) is 15.5. The summed E-state index contributed by atoms with van der Waals surface area (Å²) in [4.78, 5) is 12.6. The van der Waals surface area contributed by atoms with Gasteiger partial charge in [0.1, 0.15) is 5.82 Å². The van der Waals surface area contributed by atoms with Crippen LogP contribution in [0.2, 0.25) is 0 Å². The number of rotatable bonds is 7. The van der Waals surface area contributed by atoms with Gasteiger partial charge in [0.15, 0.2) is 5.16 Å². The third-order valence-corrected chi connectivity index (χ3v) is 5.96. The molecule has 0 saturated carbocycles. The Hall–Kier alpha value is -3.38. The number of amides is 1. The van der Waals surface area contributed by atoms with Crippen LogP contribution in [0.5, 0.6) is 0 Å². The molecule has 0 aliphatic heterocycles. The van der Waals surface area contributed by atoms with Gasteiger partial charge >= 0.3 is 0 Å². The molecule has 0 saturated heterocycles. The van der Waals surface area contributed by atoms with Crippen LogP contribution >= 0.6 is 11.8 Å². The van der Waals surface area contributed by atoms with E-state index in [9.17, 15) is 4.79 Å². The number of carbonyl (C=O) groups excluding carboxylic acids is 1. The summed E-state index contributed by atoms with van der Waals surface area (Å²) < 4.78 is 2.04. The van der Waals surface area contributed by atoms with Crippen LogP contribution in [0.1, 0.15) is 28.1 Å². The third kappa shape index (κ3) is 5.45. The second-order valence-corrected chi connectivity index (χ2v) is 8.89. The lowest BCUT2D eigenvalue weighted by Gasteiger charge is -2.11. The number of hydrogen-bond donors (Lipinski definition) is 1. The molecule has 0 atom stereocenters. The molecule has 0 spiro atoms. The maximum atomic E-state index is 12.6. The average Bonchev–Trinajstić information content (AvgIpc) is 3.15. The van der Waals surface area contributed by atoms with E-state index in [0.29, 0.717) is 11.6 Å². The summed E-state index contributed by atoms with van der Waals surface area (Å²) in [6.07, 6.45) is 0.664. The molecule has 162 valence electrons. The molecule has 0 bridgehead atoms. The Labute approximate surface area is 192 Å². The Kier molecular flexibility index (Phi) is 6.71. The second-order valence-electron chi connectivity index (χ2n) is 7.95. The van der Waals surface area contributed by atoms with E-state index in [1.54, 1.807) is 0 Å². The van der Waals surface area contributed by atoms with Gasteiger partial charge in [-0.1, -0.05) is 65.9 Å². The Bertz CT molecular complexity index is 1200. The number of hydrogen-bond acceptors (Lipinski definition) is 4. The third-order valence-electron chi connectivity index (χ3n) is 5.04. The molecule has 0 radical (unpaired) electrons. The molecule has 32 heavy (non-hydrogen) atoms. The molecule has 1 aromatic heterocycles. The predicted molar refractivity (Wildman–Crippen MR) is 131 cm³/mol. The van der Waals surface area contributed by atoms with Crippen molar-refractivity contribution in [2.45, 2.75) is 32.3 Å². The number of benzene rings is 3. The van der Waals surface area contributed by atoms with Crippen molar-refractivity contribution in [3.05, 3.63) is 101 Å². The number of aryl methyl sites for hydroxylation is 3. The Morgan fingerprint density at radius 1 is 0.875 bits per heavy atom. The Balaban J connectivity index is 1.55. The van der Waals surface area contributed by atoms with E-state index in [1.165, 1.54) is 17.3 Å². The van der Waals surface area contributed by atoms with Crippen LogP contribution in [0.4, 0.5) is 5.69 Å². The number of anilines is 1. The van der Waals surface area contributed by atoms with E-state index in [1.807, 2.05) is 48.7 Å². The molecular weight excluding hydrogens is 416 g/mol. The molecular formula is C26H26N4OS. The lowest BCUT2D eigenvalue weighted by atomic mass is 10.1. The predicted octanol–water partition coefficient (Wildman–Crippen LogP) is 5.51. The minimum absolute atomic E-state index is 0.0666. The van der Waals surface area contributed by atoms with E-state index in [0.717, 1.165) is 33.9 Å². The van der Waals surface area contributed by atoms with E-state index < -0.39 is 0 Å². The lowest BCUT2D eigenvalue weighted by Crippen LogP contribution is -2.15. The SMILES string of the molecule is Cc1ccc(-n2c(Cc3ccccc3)nnc2SCC(=O)Nc2cc(C)cc(C)c2)cc1. The van der Waals surface area contributed by atoms with Crippen molar-refractivity contribution in [1.29, 1.82) is 0 Å². The summed E-state index contributed by atoms with van der Waals surface area (Å²) in [5.41, 5.74) is 6.41. The standard InChI is InChI=1S/C26H26N4OS/c1-18-9-11-23(12-10-18)30-24(16-21-7-5-4-6-8-21)28-29-26(30)32-17-25(31)27-22-14-19(2)13-20(3)15-22/h4-15H,16-17H2,1-3H3,(H,27,31). The van der Waals surface area contributed by atoms with Crippen LogP contribution in [0.15, 0.2) is 78.0 Å². The maximum absolute atomic E-state index is 12.6. The summed E-state index contributed by atoms with van der Waals surface area (Å²) in [7, 11) is 0. The van der Waals surface area contributed by atoms with Crippen molar-refractivity contribution >= 4 is 23.4 Å². The number of thioether (sulfide) groups is 1. The van der Waals surface area contributed by atoms with Crippen molar-refractivity contribution in [2.75, 3.05) is 11.1 Å². The Morgan fingerprint density at radius 2 is 1.56 bits per heavy atom. The van der Waals surface area contributed by atoms with Gasteiger partial charge < -0.3 is 5.32 Å². The van der Waals surface area contributed by atoms with E-state index in [-0.39, 0.29) is 11.7 Å². The molecule has 0 unspecified atom stereocenters. The largest absolute Gasteiger partial charge is 0.325 e. The smallest absolute Gasteiger partial charge is 0.234 e. The zero-order valence-corrected chi connectivity index (χ0v) is 19.3. The van der Waals surface area contributed by atoms with Crippen molar-refractivity contribution < 1.29 is 4.79 Å². The fourth-order valence-electron chi connectivity index (χ4n) is 3.61. The monoisotopic (exact) mass is 442 g/mol. The quantitative estimate of drug-likeness (QED) is 0.383. The average molecular weight is 443 g/mol. The fourth-order valence-corrected chi connectivity index (χ4v) is 4.38. The first kappa shape index (κ1) is 21.8. The summed E-state index contributed by atoms with van der Waals surface area (Å²) in [6, 6.07) is 24.5. The molecule has 0 aliphatic rings. The topological polar surface area (TPSA) is 59.8 Å². The highest BCUT2D eigenvalue weighted by Crippen LogP contribution is 2.24. The number of nitrogens with zero attached hydrogens (tertiary/aromatic N) is 3. The van der Waals surface area contributed by atoms with E-state index in [2.05, 4.69) is 64.9 Å². The molecule has 4 aromatic rings. The van der Waals surface area contributed by atoms with E-state index >= 15 is 0 Å². The molecule has 1 N–H and O–H groups in total. The summed E-state index contributed by atoms with van der Waals surface area (Å²) in [5, 5.41) is 12.6. The van der Waals surface area contributed by atoms with Crippen LogP contribution in [0.3, 0.4) is 0 Å². The molecule has 0 aliphatic carbocycles. The van der Waals surface area contributed by atoms with Crippen LogP contribution in [-0.4, -0.2) is 26.4 Å². The van der Waals surface area contributed by atoms with Crippen molar-refractivity contribution in [3.63, 3.8) is 0 Å². The van der Waals surface area contributed by atoms with Crippen molar-refractivity contribution in [2.24, 2.45) is 0 Å². The van der Waals surface area contributed by atoms with Crippen LogP contribution in [0.25, 0.3) is 5.69 Å². The Morgan fingerprint density at radius 3 is 2.25 bits per heavy atom. The van der Waals surface area contributed by atoms with Gasteiger partial charge in [0, 0.05) is 17.8 Å². The van der Waals surface area contributed by atoms with Gasteiger partial charge in [-0.2, -0.15) is 0 Å². The highest BCUT2D eigenvalue weighted by atomic mass is 32.2. The molecule has 6 heteroatoms. The minimum Gasteiger partial charge on any atom is -0.325 e. The van der Waals surface area contributed by atoms with Crippen molar-refractivity contribution in [3.8, 4) is 5.69 Å². The van der Waals surface area contributed by atoms with Gasteiger partial charge in [-0.25, -0.2) is 0 Å². The summed E-state index contributed by atoms with van der Waals surface area (Å²) in [6.45, 7) is 6.11. The number of aromatic nitrogens is 3. The zero-order chi connectivity index (χ0) is 22.5. The zero-order valence-electron chi connectivity index (χ0n) is 18.5. The first-order valence-electron chi connectivity index (χ1n) is 10.5. The number of nitrogens with one attached hydrogen (secondary N) is 1. The summed E-state index contributed by atoms with van der Waals surface area (Å²) >= 11 is 1.39. The second kappa shape index (κ2) is 9.83. The molecule has 1 amide bonds. The van der Waals surface area contributed by atoms with Gasteiger partial charge in [0.05, 0.1) is 5.75 Å². The van der Waals surface area contributed by atoms with Crippen LogP contribution in [0, 0.1) is 20.8 Å². The maximum Gasteiger partial charge on any atom is 0.234 e. The summed E-state index contributed by atoms with van der Waals surface area (Å²) in [5.74, 6) is 1.03. The van der Waals surface area contributed by atoms with Crippen LogP contribution < -0.4 is 5.32 Å². The highest BCUT2D eigenvalue weighted by Gasteiger charge is 2.16. The normalized spacial score (nSPS) is 10.8. The minimum atomic E-state index is -0.0666. The molecule has 4 rings (SSSR count). The molecule has 1 heterocycles. The highest BCUT2D eigenvalue weighted by molar-refractivity contribution is 7.99. The molecule has 5 nitrogen and oxygen atoms in total. The van der Waals surface area contributed by atoms with Gasteiger partial charge in [0.25, 0.3) is 0 Å². The lowest BCUT2D eigenvalue weighted by molar-refractivity contribution is -0.113. The molecule has 3 aromatic carbocycles. The first-order valence-corrected chi connectivity index (χ1v) is 11.5. The fraction of sp³-hybridized carbons (Fsp3) is 0.192. The van der Waals surface area contributed by atoms with Gasteiger partial charge in [-0.3, -0.25) is 9.36 Å². The molecule has 0 fully saturated rings. The number of carbonyl (C=O) groups is 1. The van der Waals surface area contributed by atoms with Gasteiger partial charge in [0.2, 0.25) is 5.91 Å². The van der Waals surface area contributed by atoms with Crippen LogP contribution in [-0.2, 0) is 11.2 Å².